The Bertz CT molecular complexity index is 265. The van der Waals surface area contributed by atoms with Gasteiger partial charge in [0.2, 0.25) is 5.91 Å². The molecule has 4 nitrogen and oxygen atoms in total. The summed E-state index contributed by atoms with van der Waals surface area (Å²) in [6.07, 6.45) is 8.65. The van der Waals surface area contributed by atoms with E-state index in [0.717, 1.165) is 25.9 Å². The molecule has 1 heterocycles. The van der Waals surface area contributed by atoms with Crippen molar-refractivity contribution < 1.29 is 9.90 Å². The zero-order valence-corrected chi connectivity index (χ0v) is 11.2. The molecule has 0 aromatic heterocycles. The van der Waals surface area contributed by atoms with E-state index in [1.54, 1.807) is 0 Å². The quantitative estimate of drug-likeness (QED) is 0.773. The standard InChI is InChI=1S/C14H26N2O2/c17-11-13-7-4-8-16(13)10-14(18)15-9-12-5-2-1-3-6-12/h12-13,17H,1-11H2,(H,15,18). The molecule has 1 aliphatic carbocycles. The van der Waals surface area contributed by atoms with Gasteiger partial charge in [0.25, 0.3) is 0 Å². The van der Waals surface area contributed by atoms with Crippen molar-refractivity contribution in [2.75, 3.05) is 26.2 Å². The first-order valence-corrected chi connectivity index (χ1v) is 7.41. The fraction of sp³-hybridized carbons (Fsp3) is 0.929. The molecule has 2 N–H and O–H groups in total. The minimum Gasteiger partial charge on any atom is -0.395 e. The summed E-state index contributed by atoms with van der Waals surface area (Å²) < 4.78 is 0. The van der Waals surface area contributed by atoms with Gasteiger partial charge < -0.3 is 10.4 Å². The Balaban J connectivity index is 1.65. The maximum absolute atomic E-state index is 11.9. The molecule has 2 fully saturated rings. The van der Waals surface area contributed by atoms with Crippen LogP contribution in [0.4, 0.5) is 0 Å². The van der Waals surface area contributed by atoms with Crippen molar-refractivity contribution in [1.82, 2.24) is 10.2 Å². The van der Waals surface area contributed by atoms with Gasteiger partial charge >= 0.3 is 0 Å². The first-order valence-electron chi connectivity index (χ1n) is 7.41. The highest BCUT2D eigenvalue weighted by molar-refractivity contribution is 5.78. The summed E-state index contributed by atoms with van der Waals surface area (Å²) in [5, 5.41) is 12.3. The number of nitrogens with zero attached hydrogens (tertiary/aromatic N) is 1. The molecular formula is C14H26N2O2. The Kier molecular flexibility index (Phi) is 5.45. The van der Waals surface area contributed by atoms with Gasteiger partial charge in [-0.3, -0.25) is 9.69 Å². The first-order chi connectivity index (χ1) is 8.79. The predicted octanol–water partition coefficient (Wildman–Crippen LogP) is 1.14. The fourth-order valence-corrected chi connectivity index (χ4v) is 3.20. The Morgan fingerprint density at radius 3 is 2.67 bits per heavy atom. The van der Waals surface area contributed by atoms with E-state index in [4.69, 9.17) is 0 Å². The maximum atomic E-state index is 11.9. The van der Waals surface area contributed by atoms with E-state index in [9.17, 15) is 9.90 Å². The lowest BCUT2D eigenvalue weighted by atomic mass is 9.89. The van der Waals surface area contributed by atoms with Crippen molar-refractivity contribution in [2.45, 2.75) is 51.0 Å². The van der Waals surface area contributed by atoms with Gasteiger partial charge in [0.05, 0.1) is 13.2 Å². The lowest BCUT2D eigenvalue weighted by Crippen LogP contribution is -2.42. The fourth-order valence-electron chi connectivity index (χ4n) is 3.20. The van der Waals surface area contributed by atoms with Gasteiger partial charge in [-0.1, -0.05) is 19.3 Å². The van der Waals surface area contributed by atoms with Gasteiger partial charge in [0, 0.05) is 12.6 Å². The highest BCUT2D eigenvalue weighted by atomic mass is 16.3. The average Bonchev–Trinajstić information content (AvgIpc) is 2.85. The van der Waals surface area contributed by atoms with E-state index in [1.807, 2.05) is 0 Å². The van der Waals surface area contributed by atoms with Gasteiger partial charge in [0.15, 0.2) is 0 Å². The zero-order chi connectivity index (χ0) is 12.8. The summed E-state index contributed by atoms with van der Waals surface area (Å²) in [4.78, 5) is 14.0. The number of carbonyl (C=O) groups is 1. The van der Waals surface area contributed by atoms with Crippen LogP contribution in [0.3, 0.4) is 0 Å². The van der Waals surface area contributed by atoms with Crippen LogP contribution < -0.4 is 5.32 Å². The molecule has 104 valence electrons. The smallest absolute Gasteiger partial charge is 0.234 e. The van der Waals surface area contributed by atoms with Crippen molar-refractivity contribution in [1.29, 1.82) is 0 Å². The van der Waals surface area contributed by atoms with E-state index >= 15 is 0 Å². The number of hydrogen-bond acceptors (Lipinski definition) is 3. The van der Waals surface area contributed by atoms with E-state index in [-0.39, 0.29) is 18.6 Å². The molecule has 1 saturated heterocycles. The molecule has 4 heteroatoms. The second-order valence-electron chi connectivity index (χ2n) is 5.76. The monoisotopic (exact) mass is 254 g/mol. The first kappa shape index (κ1) is 13.8. The molecule has 1 amide bonds. The minimum atomic E-state index is 0.126. The molecule has 0 aromatic carbocycles. The predicted molar refractivity (Wildman–Crippen MR) is 71.3 cm³/mol. The summed E-state index contributed by atoms with van der Waals surface area (Å²) in [5.74, 6) is 0.816. The van der Waals surface area contributed by atoms with Gasteiger partial charge in [-0.05, 0) is 38.1 Å². The van der Waals surface area contributed by atoms with Crippen molar-refractivity contribution in [2.24, 2.45) is 5.92 Å². The second kappa shape index (κ2) is 7.10. The van der Waals surface area contributed by atoms with E-state index in [0.29, 0.717) is 12.5 Å². The molecule has 1 aliphatic heterocycles. The Morgan fingerprint density at radius 2 is 1.94 bits per heavy atom. The van der Waals surface area contributed by atoms with E-state index in [1.165, 1.54) is 32.1 Å². The average molecular weight is 254 g/mol. The molecule has 1 unspecified atom stereocenters. The van der Waals surface area contributed by atoms with Gasteiger partial charge in [-0.2, -0.15) is 0 Å². The number of aliphatic hydroxyl groups excluding tert-OH is 1. The van der Waals surface area contributed by atoms with Crippen LogP contribution in [0.5, 0.6) is 0 Å². The molecule has 0 radical (unpaired) electrons. The van der Waals surface area contributed by atoms with Crippen LogP contribution in [0.2, 0.25) is 0 Å². The van der Waals surface area contributed by atoms with Crippen molar-refractivity contribution in [3.63, 3.8) is 0 Å². The topological polar surface area (TPSA) is 52.6 Å². The van der Waals surface area contributed by atoms with Crippen LogP contribution in [0.25, 0.3) is 0 Å². The van der Waals surface area contributed by atoms with Gasteiger partial charge in [0.1, 0.15) is 0 Å². The van der Waals surface area contributed by atoms with Crippen molar-refractivity contribution in [3.8, 4) is 0 Å². The molecule has 18 heavy (non-hydrogen) atoms. The van der Waals surface area contributed by atoms with E-state index in [2.05, 4.69) is 10.2 Å². The van der Waals surface area contributed by atoms with E-state index < -0.39 is 0 Å². The summed E-state index contributed by atoms with van der Waals surface area (Å²) in [5.41, 5.74) is 0. The normalized spacial score (nSPS) is 26.4. The maximum Gasteiger partial charge on any atom is 0.234 e. The number of likely N-dealkylation sites (tertiary alicyclic amines) is 1. The van der Waals surface area contributed by atoms with Gasteiger partial charge in [-0.15, -0.1) is 0 Å². The molecule has 1 saturated carbocycles. The lowest BCUT2D eigenvalue weighted by Gasteiger charge is -2.24. The third-order valence-electron chi connectivity index (χ3n) is 4.37. The van der Waals surface area contributed by atoms with Crippen molar-refractivity contribution in [3.05, 3.63) is 0 Å². The Hall–Kier alpha value is -0.610. The number of aliphatic hydroxyl groups is 1. The Morgan fingerprint density at radius 1 is 1.17 bits per heavy atom. The number of nitrogens with one attached hydrogen (secondary N) is 1. The molecule has 2 aliphatic rings. The third kappa shape index (κ3) is 3.95. The number of carbonyl (C=O) groups excluding carboxylic acids is 1. The second-order valence-corrected chi connectivity index (χ2v) is 5.76. The van der Waals surface area contributed by atoms with Crippen LogP contribution in [0, 0.1) is 5.92 Å². The van der Waals surface area contributed by atoms with Crippen LogP contribution in [-0.4, -0.2) is 48.2 Å². The number of amides is 1. The SMILES string of the molecule is O=C(CN1CCCC1CO)NCC1CCCCC1. The van der Waals surface area contributed by atoms with Crippen LogP contribution in [-0.2, 0) is 4.79 Å². The summed E-state index contributed by atoms with van der Waals surface area (Å²) in [6, 6.07) is 0.199. The summed E-state index contributed by atoms with van der Waals surface area (Å²) >= 11 is 0. The third-order valence-corrected chi connectivity index (χ3v) is 4.37. The van der Waals surface area contributed by atoms with Crippen LogP contribution >= 0.6 is 0 Å². The molecule has 0 spiro atoms. The molecule has 1 atom stereocenters. The lowest BCUT2D eigenvalue weighted by molar-refractivity contribution is -0.122. The highest BCUT2D eigenvalue weighted by Gasteiger charge is 2.25. The van der Waals surface area contributed by atoms with Crippen molar-refractivity contribution >= 4 is 5.91 Å². The largest absolute Gasteiger partial charge is 0.395 e. The summed E-state index contributed by atoms with van der Waals surface area (Å²) in [6.45, 7) is 2.42. The molecular weight excluding hydrogens is 228 g/mol. The highest BCUT2D eigenvalue weighted by Crippen LogP contribution is 2.22. The summed E-state index contributed by atoms with van der Waals surface area (Å²) in [7, 11) is 0. The van der Waals surface area contributed by atoms with Gasteiger partial charge in [-0.25, -0.2) is 0 Å². The number of hydrogen-bond donors (Lipinski definition) is 2. The van der Waals surface area contributed by atoms with Crippen LogP contribution in [0.15, 0.2) is 0 Å². The molecule has 0 bridgehead atoms. The Labute approximate surface area is 110 Å². The zero-order valence-electron chi connectivity index (χ0n) is 11.2. The number of rotatable bonds is 5. The minimum absolute atomic E-state index is 0.126. The molecule has 2 rings (SSSR count). The molecule has 0 aromatic rings. The van der Waals surface area contributed by atoms with Crippen LogP contribution in [0.1, 0.15) is 44.9 Å².